The van der Waals surface area contributed by atoms with Crippen LogP contribution in [0.4, 0.5) is 0 Å². The second-order valence-electron chi connectivity index (χ2n) is 6.00. The second-order valence-corrected chi connectivity index (χ2v) is 8.54. The van der Waals surface area contributed by atoms with Gasteiger partial charge < -0.3 is 10.1 Å². The van der Waals surface area contributed by atoms with Gasteiger partial charge in [-0.1, -0.05) is 0 Å². The first-order chi connectivity index (χ1) is 9.83. The summed E-state index contributed by atoms with van der Waals surface area (Å²) in [5.41, 5.74) is 2.02. The van der Waals surface area contributed by atoms with E-state index in [-0.39, 0.29) is 5.54 Å². The molecule has 114 valence electrons. The Bertz CT molecular complexity index is 605. The molecule has 0 aliphatic carbocycles. The van der Waals surface area contributed by atoms with E-state index in [1.54, 1.807) is 11.3 Å². The number of hydrogen-bond acceptors (Lipinski definition) is 4. The minimum atomic E-state index is 0.0569. The lowest BCUT2D eigenvalue weighted by Gasteiger charge is -2.21. The molecule has 0 aliphatic rings. The molecule has 2 rings (SSSR count). The van der Waals surface area contributed by atoms with Crippen molar-refractivity contribution in [2.45, 2.75) is 46.4 Å². The molecule has 2 aromatic heterocycles. The normalized spacial score (nSPS) is 11.7. The van der Waals surface area contributed by atoms with Crippen molar-refractivity contribution in [2.75, 3.05) is 0 Å². The molecule has 0 radical (unpaired) electrons. The monoisotopic (exact) mass is 368 g/mol. The number of aromatic nitrogens is 1. The molecule has 0 atom stereocenters. The number of nitrogens with one attached hydrogen (secondary N) is 1. The highest BCUT2D eigenvalue weighted by Gasteiger charge is 2.12. The van der Waals surface area contributed by atoms with Gasteiger partial charge in [-0.05, 0) is 67.9 Å². The quantitative estimate of drug-likeness (QED) is 0.831. The maximum Gasteiger partial charge on any atom is 0.142 e. The van der Waals surface area contributed by atoms with Gasteiger partial charge in [0.2, 0.25) is 0 Å². The van der Waals surface area contributed by atoms with E-state index in [1.807, 2.05) is 25.1 Å². The Morgan fingerprint density at radius 3 is 2.62 bits per heavy atom. The molecule has 1 N–H and O–H groups in total. The van der Waals surface area contributed by atoms with Gasteiger partial charge in [0.1, 0.15) is 12.4 Å². The van der Waals surface area contributed by atoms with Crippen LogP contribution in [0.1, 0.15) is 37.0 Å². The minimum Gasteiger partial charge on any atom is -0.486 e. The summed E-state index contributed by atoms with van der Waals surface area (Å²) >= 11 is 5.16. The highest BCUT2D eigenvalue weighted by Crippen LogP contribution is 2.25. The van der Waals surface area contributed by atoms with Crippen LogP contribution in [0.15, 0.2) is 28.1 Å². The average molecular weight is 369 g/mol. The summed E-state index contributed by atoms with van der Waals surface area (Å²) in [5.74, 6) is 0.849. The molecule has 0 bridgehead atoms. The first-order valence-electron chi connectivity index (χ1n) is 6.92. The summed E-state index contributed by atoms with van der Waals surface area (Å²) in [6, 6.07) is 8.10. The Morgan fingerprint density at radius 1 is 1.24 bits per heavy atom. The van der Waals surface area contributed by atoms with Crippen molar-refractivity contribution < 1.29 is 4.74 Å². The molecule has 0 saturated carbocycles. The van der Waals surface area contributed by atoms with Gasteiger partial charge in [-0.2, -0.15) is 0 Å². The van der Waals surface area contributed by atoms with Gasteiger partial charge in [-0.25, -0.2) is 0 Å². The van der Waals surface area contributed by atoms with Crippen molar-refractivity contribution in [3.05, 3.63) is 44.3 Å². The van der Waals surface area contributed by atoms with Gasteiger partial charge in [-0.15, -0.1) is 11.3 Å². The fourth-order valence-corrected chi connectivity index (χ4v) is 3.18. The van der Waals surface area contributed by atoms with Crippen molar-refractivity contribution in [2.24, 2.45) is 0 Å². The predicted octanol–water partition coefficient (Wildman–Crippen LogP) is 4.68. The number of halogens is 1. The van der Waals surface area contributed by atoms with E-state index in [2.05, 4.69) is 53.1 Å². The van der Waals surface area contributed by atoms with Crippen LogP contribution < -0.4 is 10.1 Å². The SMILES string of the molecule is Cc1ccc(OCc2ccc(Br)s2)c(CNC(C)(C)C)n1. The molecule has 2 aromatic rings. The number of aryl methyl sites for hydroxylation is 1. The molecule has 2 heterocycles. The van der Waals surface area contributed by atoms with Crippen molar-refractivity contribution in [1.29, 1.82) is 0 Å². The maximum atomic E-state index is 5.94. The van der Waals surface area contributed by atoms with Crippen LogP contribution in [0.3, 0.4) is 0 Å². The van der Waals surface area contributed by atoms with Gasteiger partial charge in [0.05, 0.1) is 9.48 Å². The number of ether oxygens (including phenoxy) is 1. The number of pyridine rings is 1. The van der Waals surface area contributed by atoms with Crippen LogP contribution >= 0.6 is 27.3 Å². The molecule has 0 fully saturated rings. The molecular weight excluding hydrogens is 348 g/mol. The molecule has 0 amide bonds. The number of thiophene rings is 1. The Labute approximate surface area is 138 Å². The molecule has 0 aliphatic heterocycles. The van der Waals surface area contributed by atoms with Gasteiger partial charge in [0.25, 0.3) is 0 Å². The first-order valence-corrected chi connectivity index (χ1v) is 8.53. The highest BCUT2D eigenvalue weighted by molar-refractivity contribution is 9.11. The van der Waals surface area contributed by atoms with Crippen molar-refractivity contribution in [3.63, 3.8) is 0 Å². The Balaban J connectivity index is 2.07. The summed E-state index contributed by atoms with van der Waals surface area (Å²) in [6.45, 7) is 9.71. The third-order valence-electron chi connectivity index (χ3n) is 2.86. The van der Waals surface area contributed by atoms with E-state index in [4.69, 9.17) is 4.74 Å². The van der Waals surface area contributed by atoms with Crippen LogP contribution in [0, 0.1) is 6.92 Å². The summed E-state index contributed by atoms with van der Waals surface area (Å²) in [5, 5.41) is 3.46. The number of hydrogen-bond donors (Lipinski definition) is 1. The topological polar surface area (TPSA) is 34.1 Å². The largest absolute Gasteiger partial charge is 0.486 e. The zero-order chi connectivity index (χ0) is 15.5. The Hall–Kier alpha value is -0.910. The lowest BCUT2D eigenvalue weighted by atomic mass is 10.1. The van der Waals surface area contributed by atoms with Gasteiger partial charge >= 0.3 is 0 Å². The molecule has 0 saturated heterocycles. The Kier molecular flexibility index (Phi) is 5.41. The highest BCUT2D eigenvalue weighted by atomic mass is 79.9. The van der Waals surface area contributed by atoms with E-state index >= 15 is 0 Å². The van der Waals surface area contributed by atoms with Crippen LogP contribution in [0.25, 0.3) is 0 Å². The average Bonchev–Trinajstić information content (AvgIpc) is 2.80. The maximum absolute atomic E-state index is 5.94. The molecule has 21 heavy (non-hydrogen) atoms. The van der Waals surface area contributed by atoms with Gasteiger partial charge in [0, 0.05) is 22.7 Å². The first kappa shape index (κ1) is 16.5. The van der Waals surface area contributed by atoms with Crippen LogP contribution in [-0.2, 0) is 13.2 Å². The van der Waals surface area contributed by atoms with E-state index in [9.17, 15) is 0 Å². The molecule has 0 unspecified atom stereocenters. The zero-order valence-electron chi connectivity index (χ0n) is 12.9. The number of nitrogens with zero attached hydrogens (tertiary/aromatic N) is 1. The summed E-state index contributed by atoms with van der Waals surface area (Å²) < 4.78 is 7.07. The predicted molar refractivity (Wildman–Crippen MR) is 91.9 cm³/mol. The van der Waals surface area contributed by atoms with E-state index < -0.39 is 0 Å². The van der Waals surface area contributed by atoms with Crippen LogP contribution in [0.5, 0.6) is 5.75 Å². The van der Waals surface area contributed by atoms with Crippen molar-refractivity contribution in [1.82, 2.24) is 10.3 Å². The fraction of sp³-hybridized carbons (Fsp3) is 0.438. The second kappa shape index (κ2) is 6.90. The van der Waals surface area contributed by atoms with E-state index in [0.29, 0.717) is 13.2 Å². The van der Waals surface area contributed by atoms with Gasteiger partial charge in [0.15, 0.2) is 0 Å². The van der Waals surface area contributed by atoms with Gasteiger partial charge in [-0.3, -0.25) is 4.98 Å². The standard InChI is InChI=1S/C16H21BrN2OS/c1-11-5-7-14(13(19-11)9-18-16(2,3)4)20-10-12-6-8-15(17)21-12/h5-8,18H,9-10H2,1-4H3. The molecule has 0 aromatic carbocycles. The molecular formula is C16H21BrN2OS. The third kappa shape index (κ3) is 5.41. The minimum absolute atomic E-state index is 0.0569. The zero-order valence-corrected chi connectivity index (χ0v) is 15.3. The fourth-order valence-electron chi connectivity index (χ4n) is 1.78. The summed E-state index contributed by atoms with van der Waals surface area (Å²) in [4.78, 5) is 5.79. The molecule has 3 nitrogen and oxygen atoms in total. The van der Waals surface area contributed by atoms with E-state index in [0.717, 1.165) is 20.9 Å². The Morgan fingerprint density at radius 2 is 2.00 bits per heavy atom. The lowest BCUT2D eigenvalue weighted by Crippen LogP contribution is -2.35. The summed E-state index contributed by atoms with van der Waals surface area (Å²) in [6.07, 6.45) is 0. The summed E-state index contributed by atoms with van der Waals surface area (Å²) in [7, 11) is 0. The smallest absolute Gasteiger partial charge is 0.142 e. The van der Waals surface area contributed by atoms with Crippen LogP contribution in [0.2, 0.25) is 0 Å². The van der Waals surface area contributed by atoms with Crippen molar-refractivity contribution >= 4 is 27.3 Å². The lowest BCUT2D eigenvalue weighted by molar-refractivity contribution is 0.301. The third-order valence-corrected chi connectivity index (χ3v) is 4.45. The number of rotatable bonds is 5. The molecule has 5 heteroatoms. The van der Waals surface area contributed by atoms with E-state index in [1.165, 1.54) is 4.88 Å². The van der Waals surface area contributed by atoms with Crippen LogP contribution in [-0.4, -0.2) is 10.5 Å². The van der Waals surface area contributed by atoms with Crippen molar-refractivity contribution in [3.8, 4) is 5.75 Å². The molecule has 0 spiro atoms.